The van der Waals surface area contributed by atoms with E-state index in [1.807, 2.05) is 18.2 Å². The zero-order valence-electron chi connectivity index (χ0n) is 18.0. The highest BCUT2D eigenvalue weighted by Gasteiger charge is 2.23. The number of aliphatic hydroxyl groups is 1. The standard InChI is InChI=1S/C21H37N3O5/c1-14(2)16(12-17(22)18(25)13-24-21(23)26)10-15-6-7-19(28-4)20(11-15)29-9-5-8-27-3/h6-7,11,14,16-18,25H,5,8-10,12-13,22H2,1-4H3,(H3,23,24,26)/t16-,17-,18-/m0/s1. The molecular weight excluding hydrogens is 374 g/mol. The molecule has 0 aliphatic heterocycles. The summed E-state index contributed by atoms with van der Waals surface area (Å²) in [6.45, 7) is 5.50. The van der Waals surface area contributed by atoms with Crippen LogP contribution in [0.25, 0.3) is 0 Å². The van der Waals surface area contributed by atoms with E-state index in [1.54, 1.807) is 14.2 Å². The molecule has 0 aromatic heterocycles. The second-order valence-corrected chi connectivity index (χ2v) is 7.60. The molecule has 1 aromatic rings. The molecule has 29 heavy (non-hydrogen) atoms. The van der Waals surface area contributed by atoms with Gasteiger partial charge in [0.2, 0.25) is 0 Å². The minimum atomic E-state index is -0.848. The van der Waals surface area contributed by atoms with Crippen LogP contribution in [0.2, 0.25) is 0 Å². The molecule has 0 heterocycles. The van der Waals surface area contributed by atoms with E-state index in [9.17, 15) is 9.90 Å². The molecule has 1 rings (SSSR count). The molecule has 8 nitrogen and oxygen atoms in total. The van der Waals surface area contributed by atoms with Gasteiger partial charge in [0, 0.05) is 32.7 Å². The Hall–Kier alpha value is -2.03. The van der Waals surface area contributed by atoms with E-state index in [0.29, 0.717) is 37.1 Å². The zero-order valence-corrected chi connectivity index (χ0v) is 18.0. The molecule has 8 heteroatoms. The summed E-state index contributed by atoms with van der Waals surface area (Å²) in [7, 11) is 3.29. The van der Waals surface area contributed by atoms with Gasteiger partial charge in [-0.3, -0.25) is 0 Å². The van der Waals surface area contributed by atoms with Gasteiger partial charge in [-0.2, -0.15) is 0 Å². The number of nitrogens with two attached hydrogens (primary N) is 2. The van der Waals surface area contributed by atoms with Crippen LogP contribution in [0.5, 0.6) is 11.5 Å². The molecule has 2 amide bonds. The van der Waals surface area contributed by atoms with E-state index in [4.69, 9.17) is 25.7 Å². The number of aliphatic hydroxyl groups excluding tert-OH is 1. The van der Waals surface area contributed by atoms with Crippen LogP contribution in [-0.4, -0.2) is 57.3 Å². The smallest absolute Gasteiger partial charge is 0.312 e. The second-order valence-electron chi connectivity index (χ2n) is 7.60. The SMILES string of the molecule is COCCCOc1cc(C[C@@H](C[C@H](N)[C@@H](O)CNC(N)=O)C(C)C)ccc1OC. The average Bonchev–Trinajstić information content (AvgIpc) is 2.68. The van der Waals surface area contributed by atoms with Gasteiger partial charge < -0.3 is 36.1 Å². The first-order valence-electron chi connectivity index (χ1n) is 10.0. The lowest BCUT2D eigenvalue weighted by Gasteiger charge is -2.27. The molecule has 0 unspecified atom stereocenters. The van der Waals surface area contributed by atoms with Crippen LogP contribution in [0.1, 0.15) is 32.3 Å². The third-order valence-electron chi connectivity index (χ3n) is 4.97. The quantitative estimate of drug-likeness (QED) is 0.345. The van der Waals surface area contributed by atoms with Crippen molar-refractivity contribution in [3.8, 4) is 11.5 Å². The molecule has 0 fully saturated rings. The van der Waals surface area contributed by atoms with Crippen molar-refractivity contribution < 1.29 is 24.1 Å². The van der Waals surface area contributed by atoms with Gasteiger partial charge in [-0.05, 0) is 42.4 Å². The van der Waals surface area contributed by atoms with E-state index < -0.39 is 18.2 Å². The van der Waals surface area contributed by atoms with Crippen molar-refractivity contribution in [2.45, 2.75) is 45.3 Å². The van der Waals surface area contributed by atoms with Crippen molar-refractivity contribution in [1.82, 2.24) is 5.32 Å². The molecule has 0 radical (unpaired) electrons. The maximum Gasteiger partial charge on any atom is 0.312 e. The molecule has 6 N–H and O–H groups in total. The molecule has 1 aromatic carbocycles. The Morgan fingerprint density at radius 1 is 1.21 bits per heavy atom. The Bertz CT molecular complexity index is 612. The third-order valence-corrected chi connectivity index (χ3v) is 4.97. The lowest BCUT2D eigenvalue weighted by molar-refractivity contribution is 0.126. The first-order valence-corrected chi connectivity index (χ1v) is 10.0. The summed E-state index contributed by atoms with van der Waals surface area (Å²) in [5.41, 5.74) is 12.3. The van der Waals surface area contributed by atoms with E-state index in [0.717, 1.165) is 18.4 Å². The number of carbonyl (C=O) groups excluding carboxylic acids is 1. The van der Waals surface area contributed by atoms with Crippen molar-refractivity contribution in [2.24, 2.45) is 23.3 Å². The molecule has 0 spiro atoms. The highest BCUT2D eigenvalue weighted by molar-refractivity contribution is 5.71. The van der Waals surface area contributed by atoms with Gasteiger partial charge in [-0.25, -0.2) is 4.79 Å². The molecule has 0 aliphatic rings. The molecule has 0 aliphatic carbocycles. The fourth-order valence-corrected chi connectivity index (χ4v) is 3.10. The van der Waals surface area contributed by atoms with Crippen LogP contribution in [-0.2, 0) is 11.2 Å². The van der Waals surface area contributed by atoms with E-state index in [2.05, 4.69) is 19.2 Å². The van der Waals surface area contributed by atoms with Gasteiger partial charge >= 0.3 is 6.03 Å². The molecule has 0 saturated heterocycles. The van der Waals surface area contributed by atoms with Crippen LogP contribution in [0.4, 0.5) is 4.79 Å². The summed E-state index contributed by atoms with van der Waals surface area (Å²) in [5, 5.41) is 12.6. The lowest BCUT2D eigenvalue weighted by atomic mass is 9.83. The summed E-state index contributed by atoms with van der Waals surface area (Å²) >= 11 is 0. The fraction of sp³-hybridized carbons (Fsp3) is 0.667. The number of carbonyl (C=O) groups is 1. The number of rotatable bonds is 14. The first-order chi connectivity index (χ1) is 13.8. The Balaban J connectivity index is 2.77. The molecule has 166 valence electrons. The lowest BCUT2D eigenvalue weighted by Crippen LogP contribution is -2.46. The summed E-state index contributed by atoms with van der Waals surface area (Å²) < 4.78 is 16.3. The third kappa shape index (κ3) is 9.34. The monoisotopic (exact) mass is 411 g/mol. The predicted molar refractivity (Wildman–Crippen MR) is 113 cm³/mol. The van der Waals surface area contributed by atoms with Gasteiger partial charge in [0.15, 0.2) is 11.5 Å². The van der Waals surface area contributed by atoms with Crippen molar-refractivity contribution in [3.05, 3.63) is 23.8 Å². The average molecular weight is 412 g/mol. The Morgan fingerprint density at radius 2 is 1.93 bits per heavy atom. The van der Waals surface area contributed by atoms with E-state index in [1.165, 1.54) is 0 Å². The van der Waals surface area contributed by atoms with Gasteiger partial charge in [0.25, 0.3) is 0 Å². The topological polar surface area (TPSA) is 129 Å². The van der Waals surface area contributed by atoms with Crippen molar-refractivity contribution in [1.29, 1.82) is 0 Å². The predicted octanol–water partition coefficient (Wildman–Crippen LogP) is 1.67. The number of primary amides is 1. The Labute approximate surface area is 173 Å². The second kappa shape index (κ2) is 13.2. The summed E-state index contributed by atoms with van der Waals surface area (Å²) in [6.07, 6.45) is 1.36. The highest BCUT2D eigenvalue weighted by Crippen LogP contribution is 2.31. The van der Waals surface area contributed by atoms with Gasteiger partial charge in [0.1, 0.15) is 0 Å². The van der Waals surface area contributed by atoms with Crippen LogP contribution in [0.3, 0.4) is 0 Å². The number of methoxy groups -OCH3 is 2. The molecular formula is C21H37N3O5. The number of amides is 2. The number of hydrogen-bond donors (Lipinski definition) is 4. The molecule has 0 saturated carbocycles. The normalized spacial score (nSPS) is 14.3. The summed E-state index contributed by atoms with van der Waals surface area (Å²) in [6, 6.07) is 4.79. The molecule has 3 atom stereocenters. The Kier molecular flexibility index (Phi) is 11.4. The van der Waals surface area contributed by atoms with Crippen LogP contribution < -0.4 is 26.3 Å². The van der Waals surface area contributed by atoms with Crippen LogP contribution in [0, 0.1) is 11.8 Å². The largest absolute Gasteiger partial charge is 0.493 e. The van der Waals surface area contributed by atoms with Crippen molar-refractivity contribution >= 4 is 6.03 Å². The van der Waals surface area contributed by atoms with Gasteiger partial charge in [-0.15, -0.1) is 0 Å². The summed E-state index contributed by atoms with van der Waals surface area (Å²) in [5.74, 6) is 2.02. The minimum absolute atomic E-state index is 0.0450. The number of benzene rings is 1. The number of hydrogen-bond acceptors (Lipinski definition) is 6. The minimum Gasteiger partial charge on any atom is -0.493 e. The fourth-order valence-electron chi connectivity index (χ4n) is 3.10. The van der Waals surface area contributed by atoms with Crippen molar-refractivity contribution in [3.63, 3.8) is 0 Å². The van der Waals surface area contributed by atoms with E-state index >= 15 is 0 Å². The number of nitrogens with one attached hydrogen (secondary N) is 1. The van der Waals surface area contributed by atoms with Crippen LogP contribution in [0.15, 0.2) is 18.2 Å². The number of urea groups is 1. The first kappa shape index (κ1) is 25.0. The summed E-state index contributed by atoms with van der Waals surface area (Å²) in [4.78, 5) is 10.8. The maximum atomic E-state index is 10.8. The van der Waals surface area contributed by atoms with Gasteiger partial charge in [-0.1, -0.05) is 19.9 Å². The molecule has 0 bridgehead atoms. The zero-order chi connectivity index (χ0) is 21.8. The van der Waals surface area contributed by atoms with Gasteiger partial charge in [0.05, 0.1) is 19.8 Å². The van der Waals surface area contributed by atoms with E-state index in [-0.39, 0.29) is 12.5 Å². The van der Waals surface area contributed by atoms with Crippen LogP contribution >= 0.6 is 0 Å². The van der Waals surface area contributed by atoms with Crippen molar-refractivity contribution in [2.75, 3.05) is 34.0 Å². The Morgan fingerprint density at radius 3 is 2.52 bits per heavy atom. The number of ether oxygens (including phenoxy) is 3. The highest BCUT2D eigenvalue weighted by atomic mass is 16.5. The maximum absolute atomic E-state index is 10.8.